The molecule has 3 heteroatoms. The number of carbonyl (C=O) groups is 1. The Labute approximate surface area is 91.3 Å². The van der Waals surface area contributed by atoms with Crippen LogP contribution in [0.5, 0.6) is 0 Å². The lowest BCUT2D eigenvalue weighted by Crippen LogP contribution is -2.33. The fraction of sp³-hybridized carbons (Fsp3) is 0.833. The van der Waals surface area contributed by atoms with Crippen LogP contribution in [0.15, 0.2) is 5.10 Å². The summed E-state index contributed by atoms with van der Waals surface area (Å²) in [4.78, 5) is 10.8. The van der Waals surface area contributed by atoms with Crippen molar-refractivity contribution in [3.05, 3.63) is 0 Å². The van der Waals surface area contributed by atoms with Gasteiger partial charge in [-0.2, -0.15) is 5.10 Å². The average molecular weight is 208 g/mol. The van der Waals surface area contributed by atoms with Crippen molar-refractivity contribution < 1.29 is 4.79 Å². The molecule has 0 aromatic rings. The Morgan fingerprint density at radius 2 is 2.20 bits per heavy atom. The SMILES string of the molecule is CC(=O)N/N=C1\CC(C)(C)[C@@H]2CC[C@@H]1C2. The molecule has 2 aliphatic rings. The van der Waals surface area contributed by atoms with Crippen LogP contribution < -0.4 is 5.43 Å². The van der Waals surface area contributed by atoms with Gasteiger partial charge in [0.15, 0.2) is 0 Å². The lowest BCUT2D eigenvalue weighted by Gasteiger charge is -2.36. The van der Waals surface area contributed by atoms with Crippen molar-refractivity contribution in [1.29, 1.82) is 0 Å². The molecule has 0 unspecified atom stereocenters. The Kier molecular flexibility index (Phi) is 2.57. The van der Waals surface area contributed by atoms with Gasteiger partial charge in [-0.15, -0.1) is 0 Å². The van der Waals surface area contributed by atoms with E-state index in [9.17, 15) is 4.79 Å². The molecule has 84 valence electrons. The second-order valence-electron chi connectivity index (χ2n) is 5.64. The van der Waals surface area contributed by atoms with E-state index in [0.717, 1.165) is 12.3 Å². The van der Waals surface area contributed by atoms with Crippen LogP contribution in [0.2, 0.25) is 0 Å². The van der Waals surface area contributed by atoms with Crippen LogP contribution in [0.3, 0.4) is 0 Å². The highest BCUT2D eigenvalue weighted by Gasteiger charge is 2.44. The first-order valence-electron chi connectivity index (χ1n) is 5.82. The first-order chi connectivity index (χ1) is 6.99. The van der Waals surface area contributed by atoms with Crippen LogP contribution in [-0.2, 0) is 4.79 Å². The summed E-state index contributed by atoms with van der Waals surface area (Å²) in [5.74, 6) is 1.43. The van der Waals surface area contributed by atoms with E-state index in [1.54, 1.807) is 0 Å². The van der Waals surface area contributed by atoms with Crippen molar-refractivity contribution in [1.82, 2.24) is 5.43 Å². The zero-order valence-corrected chi connectivity index (χ0v) is 9.84. The molecule has 0 aliphatic heterocycles. The fourth-order valence-corrected chi connectivity index (χ4v) is 3.03. The minimum absolute atomic E-state index is 0.0690. The number of carbonyl (C=O) groups excluding carboxylic acids is 1. The second kappa shape index (κ2) is 3.62. The van der Waals surface area contributed by atoms with Crippen molar-refractivity contribution in [2.45, 2.75) is 46.5 Å². The van der Waals surface area contributed by atoms with Crippen molar-refractivity contribution in [3.8, 4) is 0 Å². The summed E-state index contributed by atoms with van der Waals surface area (Å²) in [7, 11) is 0. The van der Waals surface area contributed by atoms with Gasteiger partial charge in [0.25, 0.3) is 0 Å². The Morgan fingerprint density at radius 3 is 2.87 bits per heavy atom. The standard InChI is InChI=1S/C12H20N2O/c1-8(15)13-14-11-7-12(2,3)10-5-4-9(11)6-10/h9-10H,4-7H2,1-3H3,(H,13,15)/b14-11+/t9-,10-/m1/s1. The van der Waals surface area contributed by atoms with Crippen molar-refractivity contribution in [2.24, 2.45) is 22.4 Å². The topological polar surface area (TPSA) is 41.5 Å². The van der Waals surface area contributed by atoms with Gasteiger partial charge in [0, 0.05) is 12.6 Å². The summed E-state index contributed by atoms with van der Waals surface area (Å²) in [6.45, 7) is 6.15. The first-order valence-corrected chi connectivity index (χ1v) is 5.82. The molecule has 0 spiro atoms. The molecule has 1 N–H and O–H groups in total. The minimum atomic E-state index is -0.0690. The van der Waals surface area contributed by atoms with Gasteiger partial charge >= 0.3 is 0 Å². The Balaban J connectivity index is 2.13. The zero-order valence-electron chi connectivity index (χ0n) is 9.84. The molecular formula is C12H20N2O. The highest BCUT2D eigenvalue weighted by Crippen LogP contribution is 2.50. The van der Waals surface area contributed by atoms with E-state index >= 15 is 0 Å². The van der Waals surface area contributed by atoms with Crippen LogP contribution >= 0.6 is 0 Å². The van der Waals surface area contributed by atoms with Gasteiger partial charge in [-0.25, -0.2) is 5.43 Å². The molecule has 0 heterocycles. The maximum atomic E-state index is 10.8. The van der Waals surface area contributed by atoms with E-state index in [2.05, 4.69) is 24.4 Å². The minimum Gasteiger partial charge on any atom is -0.274 e. The summed E-state index contributed by atoms with van der Waals surface area (Å²) < 4.78 is 0. The smallest absolute Gasteiger partial charge is 0.236 e. The van der Waals surface area contributed by atoms with Crippen LogP contribution in [0, 0.1) is 17.3 Å². The average Bonchev–Trinajstić information content (AvgIpc) is 2.56. The van der Waals surface area contributed by atoms with E-state index < -0.39 is 0 Å². The molecule has 3 nitrogen and oxygen atoms in total. The highest BCUT2D eigenvalue weighted by atomic mass is 16.2. The van der Waals surface area contributed by atoms with E-state index in [1.165, 1.54) is 31.9 Å². The molecule has 0 aromatic heterocycles. The maximum absolute atomic E-state index is 10.8. The van der Waals surface area contributed by atoms with Crippen LogP contribution in [0.1, 0.15) is 46.5 Å². The monoisotopic (exact) mass is 208 g/mol. The van der Waals surface area contributed by atoms with E-state index in [0.29, 0.717) is 11.3 Å². The maximum Gasteiger partial charge on any atom is 0.236 e. The van der Waals surface area contributed by atoms with Gasteiger partial charge < -0.3 is 0 Å². The van der Waals surface area contributed by atoms with E-state index in [-0.39, 0.29) is 5.91 Å². The van der Waals surface area contributed by atoms with Crippen molar-refractivity contribution >= 4 is 11.6 Å². The molecule has 2 rings (SSSR count). The number of rotatable bonds is 1. The molecule has 15 heavy (non-hydrogen) atoms. The summed E-state index contributed by atoms with van der Waals surface area (Å²) in [5, 5.41) is 4.27. The summed E-state index contributed by atoms with van der Waals surface area (Å²) in [5.41, 5.74) is 4.16. The van der Waals surface area contributed by atoms with Gasteiger partial charge in [-0.05, 0) is 42.9 Å². The first kappa shape index (κ1) is 10.7. The van der Waals surface area contributed by atoms with Gasteiger partial charge in [0.05, 0.1) is 0 Å². The molecular weight excluding hydrogens is 188 g/mol. The molecule has 0 aromatic carbocycles. The van der Waals surface area contributed by atoms with Crippen molar-refractivity contribution in [3.63, 3.8) is 0 Å². The largest absolute Gasteiger partial charge is 0.274 e. The summed E-state index contributed by atoms with van der Waals surface area (Å²) >= 11 is 0. The van der Waals surface area contributed by atoms with Crippen LogP contribution in [0.4, 0.5) is 0 Å². The molecule has 2 saturated carbocycles. The third-order valence-electron chi connectivity index (χ3n) is 4.00. The van der Waals surface area contributed by atoms with Gasteiger partial charge in [-0.3, -0.25) is 4.79 Å². The number of amides is 1. The second-order valence-corrected chi connectivity index (χ2v) is 5.64. The number of hydrazone groups is 1. The third-order valence-corrected chi connectivity index (χ3v) is 4.00. The number of fused-ring (bicyclic) bond motifs is 2. The van der Waals surface area contributed by atoms with E-state index in [4.69, 9.17) is 0 Å². The van der Waals surface area contributed by atoms with Gasteiger partial charge in [0.2, 0.25) is 5.91 Å². The van der Waals surface area contributed by atoms with E-state index in [1.807, 2.05) is 0 Å². The molecule has 0 radical (unpaired) electrons. The molecule has 2 fully saturated rings. The predicted molar refractivity (Wildman–Crippen MR) is 60.5 cm³/mol. The molecule has 0 saturated heterocycles. The Bertz CT molecular complexity index is 307. The quantitative estimate of drug-likeness (QED) is 0.660. The third kappa shape index (κ3) is 2.06. The van der Waals surface area contributed by atoms with Crippen molar-refractivity contribution in [2.75, 3.05) is 0 Å². The van der Waals surface area contributed by atoms with Crippen LogP contribution in [0.25, 0.3) is 0 Å². The number of hydrogen-bond donors (Lipinski definition) is 1. The summed E-state index contributed by atoms with van der Waals surface area (Å²) in [6.07, 6.45) is 4.90. The highest BCUT2D eigenvalue weighted by molar-refractivity contribution is 5.89. The van der Waals surface area contributed by atoms with Gasteiger partial charge in [-0.1, -0.05) is 13.8 Å². The lowest BCUT2D eigenvalue weighted by atomic mass is 9.69. The molecule has 2 atom stereocenters. The van der Waals surface area contributed by atoms with Crippen LogP contribution in [-0.4, -0.2) is 11.6 Å². The fourth-order valence-electron chi connectivity index (χ4n) is 3.03. The number of hydrogen-bond acceptors (Lipinski definition) is 2. The predicted octanol–water partition coefficient (Wildman–Crippen LogP) is 2.32. The van der Waals surface area contributed by atoms with Gasteiger partial charge in [0.1, 0.15) is 0 Å². The molecule has 1 amide bonds. The summed E-state index contributed by atoms with van der Waals surface area (Å²) in [6, 6.07) is 0. The Hall–Kier alpha value is -0.860. The lowest BCUT2D eigenvalue weighted by molar-refractivity contribution is -0.118. The molecule has 2 bridgehead atoms. The normalized spacial score (nSPS) is 35.5. The zero-order chi connectivity index (χ0) is 11.1. The number of nitrogens with zero attached hydrogens (tertiary/aromatic N) is 1. The number of nitrogens with one attached hydrogen (secondary N) is 1. The molecule has 2 aliphatic carbocycles. The Morgan fingerprint density at radius 1 is 1.47 bits per heavy atom.